The molecule has 8 fully saturated rings. The summed E-state index contributed by atoms with van der Waals surface area (Å²) < 4.78 is 32.6. The summed E-state index contributed by atoms with van der Waals surface area (Å²) in [5, 5.41) is 9.75. The van der Waals surface area contributed by atoms with Gasteiger partial charge in [-0.3, -0.25) is 14.4 Å². The Morgan fingerprint density at radius 3 is 2.29 bits per heavy atom. The Morgan fingerprint density at radius 2 is 1.59 bits per heavy atom. The molecular formula is C55H78FN3O7. The van der Waals surface area contributed by atoms with Crippen molar-refractivity contribution >= 4 is 17.8 Å². The van der Waals surface area contributed by atoms with Crippen molar-refractivity contribution in [2.45, 2.75) is 164 Å². The molecule has 8 aliphatic rings. The summed E-state index contributed by atoms with van der Waals surface area (Å²) in [7, 11) is 1.68. The molecule has 0 radical (unpaired) electrons. The molecule has 0 bridgehead atoms. The first kappa shape index (κ1) is 46.4. The van der Waals surface area contributed by atoms with Crippen molar-refractivity contribution in [3.63, 3.8) is 0 Å². The maximum absolute atomic E-state index is 16.1. The number of carboxylic acid groups (broad SMARTS) is 1. The van der Waals surface area contributed by atoms with Crippen LogP contribution >= 0.6 is 0 Å². The lowest BCUT2D eigenvalue weighted by molar-refractivity contribution is -0.253. The Morgan fingerprint density at radius 1 is 0.818 bits per heavy atom. The van der Waals surface area contributed by atoms with Crippen molar-refractivity contribution in [3.8, 4) is 11.3 Å². The molecule has 0 spiro atoms. The third-order valence-electron chi connectivity index (χ3n) is 22.0. The summed E-state index contributed by atoms with van der Waals surface area (Å²) >= 11 is 0. The van der Waals surface area contributed by atoms with Gasteiger partial charge in [0.15, 0.2) is 0 Å². The second-order valence-corrected chi connectivity index (χ2v) is 25.3. The van der Waals surface area contributed by atoms with Crippen LogP contribution in [0.5, 0.6) is 0 Å². The minimum absolute atomic E-state index is 0.0766. The number of fused-ring (bicyclic) bond motifs is 7. The highest BCUT2D eigenvalue weighted by atomic mass is 19.1. The van der Waals surface area contributed by atoms with Crippen molar-refractivity contribution in [2.75, 3.05) is 26.9 Å². The molecule has 2 heterocycles. The number of rotatable bonds is 11. The molecule has 1 saturated heterocycles. The number of aromatic amines is 1. The molecule has 10 nitrogen and oxygen atoms in total. The van der Waals surface area contributed by atoms with Crippen molar-refractivity contribution in [3.05, 3.63) is 42.1 Å². The van der Waals surface area contributed by atoms with Crippen LogP contribution in [0.3, 0.4) is 0 Å². The predicted molar refractivity (Wildman–Crippen MR) is 249 cm³/mol. The molecule has 1 aliphatic heterocycles. The van der Waals surface area contributed by atoms with Crippen LogP contribution in [0.1, 0.15) is 157 Å². The number of nitrogens with zero attached hydrogens (tertiary/aromatic N) is 2. The normalized spacial score (nSPS) is 42.5. The fourth-order valence-electron chi connectivity index (χ4n) is 17.8. The Bertz CT molecular complexity index is 2240. The fourth-order valence-corrected chi connectivity index (χ4v) is 17.8. The van der Waals surface area contributed by atoms with Gasteiger partial charge in [0.1, 0.15) is 17.7 Å². The zero-order valence-electron chi connectivity index (χ0n) is 41.4. The first-order valence-electron chi connectivity index (χ1n) is 25.8. The van der Waals surface area contributed by atoms with E-state index in [0.717, 1.165) is 63.6 Å². The van der Waals surface area contributed by atoms with Crippen molar-refractivity contribution in [1.82, 2.24) is 14.9 Å². The number of aromatic nitrogens is 2. The number of ether oxygens (including phenoxy) is 3. The number of hydrogen-bond acceptors (Lipinski definition) is 7. The van der Waals surface area contributed by atoms with Crippen molar-refractivity contribution in [2.24, 2.45) is 79.3 Å². The summed E-state index contributed by atoms with van der Waals surface area (Å²) in [6.45, 7) is 20.4. The van der Waals surface area contributed by atoms with E-state index < -0.39 is 22.7 Å². The molecular weight excluding hydrogens is 834 g/mol. The molecule has 7 aliphatic carbocycles. The van der Waals surface area contributed by atoms with E-state index in [4.69, 9.17) is 19.2 Å². The van der Waals surface area contributed by atoms with Crippen LogP contribution in [0, 0.1) is 85.1 Å². The molecule has 1 amide bonds. The minimum Gasteiger partial charge on any atom is -0.481 e. The number of imidazole rings is 1. The van der Waals surface area contributed by atoms with Crippen LogP contribution in [-0.2, 0) is 28.6 Å². The van der Waals surface area contributed by atoms with Crippen LogP contribution in [0.25, 0.3) is 11.3 Å². The van der Waals surface area contributed by atoms with Gasteiger partial charge in [-0.05, 0) is 152 Å². The smallest absolute Gasteiger partial charge is 0.309 e. The minimum atomic E-state index is -0.826. The number of halogens is 1. The number of hydrogen-bond donors (Lipinski definition) is 2. The largest absolute Gasteiger partial charge is 0.481 e. The number of carbonyl (C=O) groups is 3. The van der Waals surface area contributed by atoms with Gasteiger partial charge in [0.05, 0.1) is 48.3 Å². The van der Waals surface area contributed by atoms with Gasteiger partial charge in [-0.1, -0.05) is 67.5 Å². The van der Waals surface area contributed by atoms with Gasteiger partial charge < -0.3 is 29.2 Å². The van der Waals surface area contributed by atoms with E-state index in [2.05, 4.69) is 51.4 Å². The molecule has 66 heavy (non-hydrogen) atoms. The number of methoxy groups -OCH3 is 1. The van der Waals surface area contributed by atoms with Gasteiger partial charge in [0.2, 0.25) is 5.91 Å². The van der Waals surface area contributed by atoms with E-state index in [0.29, 0.717) is 79.4 Å². The average Bonchev–Trinajstić information content (AvgIpc) is 3.60. The van der Waals surface area contributed by atoms with Crippen LogP contribution < -0.4 is 0 Å². The van der Waals surface area contributed by atoms with Gasteiger partial charge in [0, 0.05) is 37.3 Å². The molecule has 2 aromatic rings. The third-order valence-corrected chi connectivity index (χ3v) is 22.0. The van der Waals surface area contributed by atoms with Crippen LogP contribution in [0.4, 0.5) is 4.39 Å². The predicted octanol–water partition coefficient (Wildman–Crippen LogP) is 11.1. The number of esters is 1. The molecule has 1 aromatic heterocycles. The number of carbonyl (C=O) groups excluding carboxylic acids is 2. The first-order chi connectivity index (χ1) is 31.1. The Balaban J connectivity index is 0.929. The molecule has 14 atom stereocenters. The van der Waals surface area contributed by atoms with E-state index >= 15 is 4.79 Å². The number of likely N-dealkylation sites (tertiary alicyclic amines) is 1. The molecule has 11 heteroatoms. The zero-order valence-corrected chi connectivity index (χ0v) is 41.4. The highest BCUT2D eigenvalue weighted by molar-refractivity contribution is 5.85. The van der Waals surface area contributed by atoms with Crippen molar-refractivity contribution < 1.29 is 38.1 Å². The second-order valence-electron chi connectivity index (χ2n) is 25.3. The Kier molecular flexibility index (Phi) is 11.2. The lowest BCUT2D eigenvalue weighted by atomic mass is 9.32. The number of nitrogens with one attached hydrogen (secondary N) is 1. The molecule has 2 N–H and O–H groups in total. The van der Waals surface area contributed by atoms with E-state index in [1.165, 1.54) is 31.4 Å². The van der Waals surface area contributed by atoms with Crippen LogP contribution in [0.2, 0.25) is 0 Å². The lowest BCUT2D eigenvalue weighted by Crippen LogP contribution is -2.67. The topological polar surface area (TPSA) is 131 Å². The zero-order chi connectivity index (χ0) is 47.0. The van der Waals surface area contributed by atoms with E-state index in [1.807, 2.05) is 26.1 Å². The lowest BCUT2D eigenvalue weighted by Gasteiger charge is -2.73. The molecule has 362 valence electrons. The first-order valence-corrected chi connectivity index (χ1v) is 25.8. The van der Waals surface area contributed by atoms with Gasteiger partial charge in [-0.2, -0.15) is 0 Å². The SMILES string of the molecule is COCCO[C@@H]1C[C@@H](c2nc(-c3cccc(F)c3)c[nH]2)N(C(=O)[C@]23CC[C@@H](C4(C)CC4)[C@@H]2[C@H]2CC[C@@H]4[C@@]5(C)CC[C@H](OC(=O)[C@H]6C[C@@H](C(=O)O)C6(C)C)C(C)(C)[C@@H]5CC[C@@]4(C)[C@]2(C)CC3)C1. The van der Waals surface area contributed by atoms with Crippen LogP contribution in [0.15, 0.2) is 30.5 Å². The summed E-state index contributed by atoms with van der Waals surface area (Å²) in [5.74, 6) is 1.02. The molecule has 10 rings (SSSR count). The molecule has 1 aromatic carbocycles. The molecule has 7 saturated carbocycles. The fraction of sp³-hybridized carbons (Fsp3) is 0.782. The number of amides is 1. The monoisotopic (exact) mass is 912 g/mol. The maximum atomic E-state index is 16.1. The van der Waals surface area contributed by atoms with Crippen LogP contribution in [-0.4, -0.2) is 76.9 Å². The highest BCUT2D eigenvalue weighted by Gasteiger charge is 2.74. The summed E-state index contributed by atoms with van der Waals surface area (Å²) in [4.78, 5) is 52.4. The summed E-state index contributed by atoms with van der Waals surface area (Å²) in [5.41, 5.74) is 0.677. The summed E-state index contributed by atoms with van der Waals surface area (Å²) in [6, 6.07) is 6.27. The Hall–Kier alpha value is -3.31. The van der Waals surface area contributed by atoms with Gasteiger partial charge >= 0.3 is 11.9 Å². The standard InChI is InChI=1S/C55H78FN3O7/c1-49(2)37(46(60)61)29-38(49)47(62)66-43-17-18-52(6)41(50(43,3)4)16-19-54(8)42(52)14-13-36-44-35(51(5)21-22-51)15-20-55(44,24-23-53(36,54)7)48(63)59-31-34(65-26-25-64-9)28-40(59)45-57-30-39(58-45)32-11-10-12-33(56)27-32/h10-12,27,30,34-38,40-44H,13-26,28-29,31H2,1-9H3,(H,57,58)(H,60,61)/t34-,35-,36-,37+,38-,40+,41+,42-,43+,44-,52+,53-,54-,55+/m1/s1. The highest BCUT2D eigenvalue weighted by Crippen LogP contribution is 2.79. The maximum Gasteiger partial charge on any atom is 0.309 e. The van der Waals surface area contributed by atoms with Gasteiger partial charge in [0.25, 0.3) is 0 Å². The van der Waals surface area contributed by atoms with E-state index in [1.54, 1.807) is 13.2 Å². The second kappa shape index (κ2) is 15.9. The van der Waals surface area contributed by atoms with Crippen molar-refractivity contribution in [1.29, 1.82) is 0 Å². The number of H-pyrrole nitrogens is 1. The Labute approximate surface area is 392 Å². The average molecular weight is 912 g/mol. The quantitative estimate of drug-likeness (QED) is 0.168. The van der Waals surface area contributed by atoms with E-state index in [-0.39, 0.29) is 63.0 Å². The number of carboxylic acids is 1. The molecule has 0 unspecified atom stereocenters. The number of aliphatic carboxylic acids is 1. The summed E-state index contributed by atoms with van der Waals surface area (Å²) in [6.07, 6.45) is 15.4. The van der Waals surface area contributed by atoms with Gasteiger partial charge in [-0.25, -0.2) is 9.37 Å². The van der Waals surface area contributed by atoms with Gasteiger partial charge in [-0.15, -0.1) is 0 Å². The third kappa shape index (κ3) is 6.77. The number of benzene rings is 1. The van der Waals surface area contributed by atoms with E-state index in [9.17, 15) is 19.1 Å².